The molecular formula is C12H21N3O4S. The number of rotatable bonds is 6. The van der Waals surface area contributed by atoms with E-state index in [4.69, 9.17) is 5.11 Å². The molecule has 8 heteroatoms. The number of aryl methyl sites for hydroxylation is 2. The Morgan fingerprint density at radius 2 is 1.95 bits per heavy atom. The largest absolute Gasteiger partial charge is 0.480 e. The van der Waals surface area contributed by atoms with Crippen LogP contribution < -0.4 is 0 Å². The first-order valence-corrected chi connectivity index (χ1v) is 7.73. The molecule has 0 bridgehead atoms. The monoisotopic (exact) mass is 303 g/mol. The van der Waals surface area contributed by atoms with Crippen LogP contribution in [0.1, 0.15) is 25.2 Å². The maximum Gasteiger partial charge on any atom is 0.318 e. The third-order valence-corrected chi connectivity index (χ3v) is 4.99. The number of carboxylic acids is 1. The summed E-state index contributed by atoms with van der Waals surface area (Å²) in [7, 11) is -2.20. The van der Waals surface area contributed by atoms with Gasteiger partial charge in [0.25, 0.3) is 0 Å². The van der Waals surface area contributed by atoms with Crippen LogP contribution in [0.25, 0.3) is 0 Å². The second-order valence-electron chi connectivity index (χ2n) is 5.21. The summed E-state index contributed by atoms with van der Waals surface area (Å²) in [5.74, 6) is -1.14. The van der Waals surface area contributed by atoms with E-state index < -0.39 is 22.5 Å². The van der Waals surface area contributed by atoms with Gasteiger partial charge in [-0.25, -0.2) is 8.42 Å². The molecule has 0 aromatic carbocycles. The molecular weight excluding hydrogens is 282 g/mol. The van der Waals surface area contributed by atoms with Gasteiger partial charge in [-0.05, 0) is 19.8 Å². The topological polar surface area (TPSA) is 92.5 Å². The first kappa shape index (κ1) is 16.6. The fourth-order valence-corrected chi connectivity index (χ4v) is 4.01. The Bertz CT molecular complexity index is 604. The van der Waals surface area contributed by atoms with Crippen molar-refractivity contribution in [3.05, 3.63) is 11.4 Å². The summed E-state index contributed by atoms with van der Waals surface area (Å²) in [5, 5.41) is 13.0. The first-order chi connectivity index (χ1) is 9.07. The van der Waals surface area contributed by atoms with Crippen molar-refractivity contribution in [3.8, 4) is 0 Å². The number of aliphatic carboxylic acids is 1. The predicted molar refractivity (Wildman–Crippen MR) is 73.9 cm³/mol. The highest BCUT2D eigenvalue weighted by molar-refractivity contribution is 7.89. The molecule has 0 fully saturated rings. The zero-order valence-corrected chi connectivity index (χ0v) is 13.2. The number of nitrogens with zero attached hydrogens (tertiary/aromatic N) is 3. The number of carbonyl (C=O) groups is 1. The number of hydrogen-bond donors (Lipinski definition) is 1. The van der Waals surface area contributed by atoms with E-state index >= 15 is 0 Å². The van der Waals surface area contributed by atoms with Crippen LogP contribution in [-0.2, 0) is 21.9 Å². The molecule has 0 amide bonds. The molecule has 20 heavy (non-hydrogen) atoms. The molecule has 114 valence electrons. The highest BCUT2D eigenvalue weighted by atomic mass is 32.2. The summed E-state index contributed by atoms with van der Waals surface area (Å²) in [6.45, 7) is 6.55. The lowest BCUT2D eigenvalue weighted by molar-refractivity contribution is -0.137. The van der Waals surface area contributed by atoms with E-state index in [9.17, 15) is 13.2 Å². The Kier molecular flexibility index (Phi) is 4.93. The van der Waals surface area contributed by atoms with Crippen LogP contribution in [0, 0.1) is 19.8 Å². The molecule has 0 aliphatic heterocycles. The third-order valence-electron chi connectivity index (χ3n) is 2.92. The Balaban J connectivity index is 3.32. The van der Waals surface area contributed by atoms with Gasteiger partial charge >= 0.3 is 5.97 Å². The van der Waals surface area contributed by atoms with Gasteiger partial charge in [-0.2, -0.15) is 9.40 Å². The molecule has 0 unspecified atom stereocenters. The minimum absolute atomic E-state index is 0.0291. The average Bonchev–Trinajstić information content (AvgIpc) is 2.50. The zero-order chi connectivity index (χ0) is 15.7. The van der Waals surface area contributed by atoms with Crippen LogP contribution in [0.5, 0.6) is 0 Å². The average molecular weight is 303 g/mol. The number of carboxylic acid groups (broad SMARTS) is 1. The van der Waals surface area contributed by atoms with Gasteiger partial charge in [-0.15, -0.1) is 0 Å². The van der Waals surface area contributed by atoms with Crippen molar-refractivity contribution < 1.29 is 18.3 Å². The fourth-order valence-electron chi connectivity index (χ4n) is 2.06. The standard InChI is InChI=1S/C12H21N3O4S/c1-8(2)6-15(7-11(16)17)20(18,19)12-9(3)13-14(5)10(12)4/h8H,6-7H2,1-5H3,(H,16,17). The molecule has 0 aliphatic rings. The molecule has 1 N–H and O–H groups in total. The summed E-state index contributed by atoms with van der Waals surface area (Å²) in [5.41, 5.74) is 0.880. The van der Waals surface area contributed by atoms with E-state index in [2.05, 4.69) is 5.10 Å². The molecule has 1 heterocycles. The molecule has 0 spiro atoms. The number of aromatic nitrogens is 2. The van der Waals surface area contributed by atoms with Gasteiger partial charge < -0.3 is 5.11 Å². The first-order valence-electron chi connectivity index (χ1n) is 6.29. The number of sulfonamides is 1. The van der Waals surface area contributed by atoms with Crippen LogP contribution in [0.4, 0.5) is 0 Å². The van der Waals surface area contributed by atoms with Gasteiger partial charge in [-0.1, -0.05) is 13.8 Å². The van der Waals surface area contributed by atoms with Crippen molar-refractivity contribution >= 4 is 16.0 Å². The van der Waals surface area contributed by atoms with Crippen LogP contribution >= 0.6 is 0 Å². The van der Waals surface area contributed by atoms with Gasteiger partial charge in [0.2, 0.25) is 10.0 Å². The van der Waals surface area contributed by atoms with E-state index in [0.29, 0.717) is 11.4 Å². The highest BCUT2D eigenvalue weighted by Crippen LogP contribution is 2.23. The summed E-state index contributed by atoms with van der Waals surface area (Å²) in [6.07, 6.45) is 0. The molecule has 0 radical (unpaired) electrons. The van der Waals surface area contributed by atoms with E-state index in [1.165, 1.54) is 4.68 Å². The van der Waals surface area contributed by atoms with E-state index in [-0.39, 0.29) is 17.4 Å². The maximum atomic E-state index is 12.7. The SMILES string of the molecule is Cc1nn(C)c(C)c1S(=O)(=O)N(CC(=O)O)CC(C)C. The Morgan fingerprint density at radius 1 is 1.40 bits per heavy atom. The summed E-state index contributed by atoms with van der Waals surface area (Å²) in [4.78, 5) is 11.0. The molecule has 1 aromatic heterocycles. The van der Waals surface area contributed by atoms with E-state index in [1.807, 2.05) is 13.8 Å². The molecule has 0 aliphatic carbocycles. The van der Waals surface area contributed by atoms with Gasteiger partial charge in [0, 0.05) is 13.6 Å². The minimum atomic E-state index is -3.86. The van der Waals surface area contributed by atoms with Gasteiger partial charge in [-0.3, -0.25) is 9.48 Å². The summed E-state index contributed by atoms with van der Waals surface area (Å²) in [6, 6.07) is 0. The quantitative estimate of drug-likeness (QED) is 0.838. The van der Waals surface area contributed by atoms with Gasteiger partial charge in [0.15, 0.2) is 0 Å². The highest BCUT2D eigenvalue weighted by Gasteiger charge is 2.32. The lowest BCUT2D eigenvalue weighted by Crippen LogP contribution is -2.38. The lowest BCUT2D eigenvalue weighted by atomic mass is 10.2. The van der Waals surface area contributed by atoms with Crippen LogP contribution in [0.3, 0.4) is 0 Å². The smallest absolute Gasteiger partial charge is 0.318 e. The van der Waals surface area contributed by atoms with Crippen LogP contribution in [0.2, 0.25) is 0 Å². The summed E-state index contributed by atoms with van der Waals surface area (Å²) >= 11 is 0. The van der Waals surface area contributed by atoms with E-state index in [0.717, 1.165) is 4.31 Å². The van der Waals surface area contributed by atoms with Crippen LogP contribution in [-0.4, -0.2) is 46.7 Å². The fraction of sp³-hybridized carbons (Fsp3) is 0.667. The zero-order valence-electron chi connectivity index (χ0n) is 12.4. The van der Waals surface area contributed by atoms with Crippen molar-refractivity contribution in [2.45, 2.75) is 32.6 Å². The Labute approximate surface area is 119 Å². The van der Waals surface area contributed by atoms with Crippen molar-refractivity contribution in [3.63, 3.8) is 0 Å². The molecule has 0 saturated heterocycles. The maximum absolute atomic E-state index is 12.7. The molecule has 7 nitrogen and oxygen atoms in total. The lowest BCUT2D eigenvalue weighted by Gasteiger charge is -2.22. The van der Waals surface area contributed by atoms with Gasteiger partial charge in [0.1, 0.15) is 11.4 Å². The van der Waals surface area contributed by atoms with Crippen molar-refractivity contribution in [2.75, 3.05) is 13.1 Å². The molecule has 1 aromatic rings. The second kappa shape index (κ2) is 5.92. The van der Waals surface area contributed by atoms with Gasteiger partial charge in [0.05, 0.1) is 11.4 Å². The molecule has 1 rings (SSSR count). The second-order valence-corrected chi connectivity index (χ2v) is 7.08. The molecule has 0 saturated carbocycles. The Hall–Kier alpha value is -1.41. The molecule has 0 atom stereocenters. The summed E-state index contributed by atoms with van der Waals surface area (Å²) < 4.78 is 27.8. The van der Waals surface area contributed by atoms with E-state index in [1.54, 1.807) is 20.9 Å². The van der Waals surface area contributed by atoms with Crippen molar-refractivity contribution in [1.29, 1.82) is 0 Å². The van der Waals surface area contributed by atoms with Crippen molar-refractivity contribution in [2.24, 2.45) is 13.0 Å². The number of hydrogen-bond acceptors (Lipinski definition) is 4. The normalized spacial score (nSPS) is 12.3. The predicted octanol–water partition coefficient (Wildman–Crippen LogP) is 0.768. The Morgan fingerprint density at radius 3 is 2.30 bits per heavy atom. The van der Waals surface area contributed by atoms with Crippen molar-refractivity contribution in [1.82, 2.24) is 14.1 Å². The minimum Gasteiger partial charge on any atom is -0.480 e. The van der Waals surface area contributed by atoms with Crippen LogP contribution in [0.15, 0.2) is 4.90 Å². The third kappa shape index (κ3) is 3.37.